The number of nitrogens with one attached hydrogen (secondary N) is 1. The molecule has 5 heteroatoms. The van der Waals surface area contributed by atoms with Crippen molar-refractivity contribution in [2.75, 3.05) is 13.1 Å². The van der Waals surface area contributed by atoms with Gasteiger partial charge in [-0.15, -0.1) is 12.4 Å². The standard InChI is InChI=1S/C16H21N3O.ClH/c1-12-10-19(13(2)8-17-12)11-16-18-9-15(20-16)14-6-4-3-5-7-14;/h3-7,9,12-13,17H,8,10-11H2,1-2H3;1H. The van der Waals surface area contributed by atoms with Gasteiger partial charge < -0.3 is 9.73 Å². The van der Waals surface area contributed by atoms with Crippen molar-refractivity contribution >= 4 is 12.4 Å². The second-order valence-electron chi connectivity index (χ2n) is 5.57. The number of hydrogen-bond donors (Lipinski definition) is 1. The predicted molar refractivity (Wildman–Crippen MR) is 86.5 cm³/mol. The molecule has 3 rings (SSSR count). The van der Waals surface area contributed by atoms with Gasteiger partial charge in [-0.05, 0) is 13.8 Å². The molecule has 114 valence electrons. The molecule has 2 unspecified atom stereocenters. The fourth-order valence-electron chi connectivity index (χ4n) is 2.61. The van der Waals surface area contributed by atoms with Crippen LogP contribution in [0.1, 0.15) is 19.7 Å². The Bertz CT molecular complexity index is 558. The second kappa shape index (κ2) is 7.07. The molecule has 0 spiro atoms. The number of benzene rings is 1. The smallest absolute Gasteiger partial charge is 0.209 e. The fraction of sp³-hybridized carbons (Fsp3) is 0.438. The van der Waals surface area contributed by atoms with Gasteiger partial charge in [-0.1, -0.05) is 30.3 Å². The maximum Gasteiger partial charge on any atom is 0.209 e. The molecule has 1 N–H and O–H groups in total. The van der Waals surface area contributed by atoms with E-state index in [9.17, 15) is 0 Å². The summed E-state index contributed by atoms with van der Waals surface area (Å²) >= 11 is 0. The predicted octanol–water partition coefficient (Wildman–Crippen LogP) is 2.95. The van der Waals surface area contributed by atoms with Crippen LogP contribution in [0.2, 0.25) is 0 Å². The maximum absolute atomic E-state index is 5.88. The molecule has 0 amide bonds. The van der Waals surface area contributed by atoms with Crippen molar-refractivity contribution in [2.45, 2.75) is 32.5 Å². The third-order valence-corrected chi connectivity index (χ3v) is 3.84. The van der Waals surface area contributed by atoms with Crippen LogP contribution in [0.25, 0.3) is 11.3 Å². The molecule has 0 radical (unpaired) electrons. The molecule has 2 atom stereocenters. The highest BCUT2D eigenvalue weighted by atomic mass is 35.5. The number of piperazine rings is 1. The molecule has 1 aromatic heterocycles. The summed E-state index contributed by atoms with van der Waals surface area (Å²) in [6, 6.07) is 11.1. The minimum absolute atomic E-state index is 0. The highest BCUT2D eigenvalue weighted by Crippen LogP contribution is 2.21. The molecule has 1 aliphatic rings. The van der Waals surface area contributed by atoms with E-state index in [0.717, 1.165) is 36.8 Å². The van der Waals surface area contributed by atoms with Gasteiger partial charge in [0.25, 0.3) is 0 Å². The van der Waals surface area contributed by atoms with E-state index < -0.39 is 0 Å². The Balaban J connectivity index is 0.00000161. The Hall–Kier alpha value is -1.36. The van der Waals surface area contributed by atoms with Crippen LogP contribution in [0.5, 0.6) is 0 Å². The lowest BCUT2D eigenvalue weighted by Crippen LogP contribution is -2.53. The number of rotatable bonds is 3. The van der Waals surface area contributed by atoms with Gasteiger partial charge in [-0.3, -0.25) is 4.90 Å². The highest BCUT2D eigenvalue weighted by Gasteiger charge is 2.23. The third kappa shape index (κ3) is 3.84. The van der Waals surface area contributed by atoms with Gasteiger partial charge in [0.15, 0.2) is 5.76 Å². The van der Waals surface area contributed by atoms with E-state index in [2.05, 4.69) is 29.0 Å². The van der Waals surface area contributed by atoms with E-state index in [1.807, 2.05) is 36.5 Å². The molecule has 1 saturated heterocycles. The van der Waals surface area contributed by atoms with Gasteiger partial charge in [0.05, 0.1) is 12.7 Å². The minimum Gasteiger partial charge on any atom is -0.439 e. The third-order valence-electron chi connectivity index (χ3n) is 3.84. The zero-order chi connectivity index (χ0) is 13.9. The molecular formula is C16H22ClN3O. The SMILES string of the molecule is CC1CN(Cc2ncc(-c3ccccc3)o2)C(C)CN1.Cl. The molecule has 0 aliphatic carbocycles. The summed E-state index contributed by atoms with van der Waals surface area (Å²) in [6.45, 7) is 7.28. The lowest BCUT2D eigenvalue weighted by molar-refractivity contribution is 0.127. The molecule has 0 saturated carbocycles. The summed E-state index contributed by atoms with van der Waals surface area (Å²) in [4.78, 5) is 6.84. The quantitative estimate of drug-likeness (QED) is 0.946. The van der Waals surface area contributed by atoms with Crippen molar-refractivity contribution in [1.29, 1.82) is 0 Å². The summed E-state index contributed by atoms with van der Waals surface area (Å²) in [6.07, 6.45) is 1.82. The van der Waals surface area contributed by atoms with Crippen molar-refractivity contribution < 1.29 is 4.42 Å². The second-order valence-corrected chi connectivity index (χ2v) is 5.57. The molecule has 1 fully saturated rings. The van der Waals surface area contributed by atoms with Crippen LogP contribution in [0.15, 0.2) is 40.9 Å². The molecule has 1 aliphatic heterocycles. The van der Waals surface area contributed by atoms with Gasteiger partial charge in [0, 0.05) is 30.7 Å². The molecule has 4 nitrogen and oxygen atoms in total. The minimum atomic E-state index is 0. The van der Waals surface area contributed by atoms with Crippen molar-refractivity contribution in [3.63, 3.8) is 0 Å². The topological polar surface area (TPSA) is 41.3 Å². The molecule has 1 aromatic carbocycles. The Morgan fingerprint density at radius 3 is 2.81 bits per heavy atom. The highest BCUT2D eigenvalue weighted by molar-refractivity contribution is 5.85. The number of hydrogen-bond acceptors (Lipinski definition) is 4. The van der Waals surface area contributed by atoms with Gasteiger partial charge in [0.2, 0.25) is 5.89 Å². The van der Waals surface area contributed by atoms with Gasteiger partial charge in [0.1, 0.15) is 0 Å². The van der Waals surface area contributed by atoms with E-state index in [-0.39, 0.29) is 12.4 Å². The summed E-state index contributed by atoms with van der Waals surface area (Å²) in [5.41, 5.74) is 1.08. The Labute approximate surface area is 132 Å². The Kier molecular flexibility index (Phi) is 5.39. The molecule has 0 bridgehead atoms. The van der Waals surface area contributed by atoms with Crippen molar-refractivity contribution in [3.8, 4) is 11.3 Å². The van der Waals surface area contributed by atoms with Gasteiger partial charge in [-0.2, -0.15) is 0 Å². The van der Waals surface area contributed by atoms with E-state index >= 15 is 0 Å². The van der Waals surface area contributed by atoms with E-state index in [4.69, 9.17) is 4.42 Å². The number of halogens is 1. The first-order valence-corrected chi connectivity index (χ1v) is 7.20. The van der Waals surface area contributed by atoms with Crippen molar-refractivity contribution in [2.24, 2.45) is 0 Å². The van der Waals surface area contributed by atoms with Crippen LogP contribution in [-0.4, -0.2) is 35.1 Å². The molecule has 2 heterocycles. The largest absolute Gasteiger partial charge is 0.439 e. The normalized spacial score (nSPS) is 22.8. The average Bonchev–Trinajstić information content (AvgIpc) is 2.92. The van der Waals surface area contributed by atoms with Crippen LogP contribution in [0.4, 0.5) is 0 Å². The fourth-order valence-corrected chi connectivity index (χ4v) is 2.61. The zero-order valence-electron chi connectivity index (χ0n) is 12.5. The molecular weight excluding hydrogens is 286 g/mol. The Morgan fingerprint density at radius 2 is 2.05 bits per heavy atom. The van der Waals surface area contributed by atoms with Crippen LogP contribution >= 0.6 is 12.4 Å². The first-order chi connectivity index (χ1) is 9.72. The van der Waals surface area contributed by atoms with Crippen LogP contribution in [-0.2, 0) is 6.54 Å². The molecule has 2 aromatic rings. The van der Waals surface area contributed by atoms with Gasteiger partial charge >= 0.3 is 0 Å². The maximum atomic E-state index is 5.88. The summed E-state index contributed by atoms with van der Waals surface area (Å²) in [7, 11) is 0. The zero-order valence-corrected chi connectivity index (χ0v) is 13.3. The van der Waals surface area contributed by atoms with Crippen LogP contribution in [0.3, 0.4) is 0 Å². The van der Waals surface area contributed by atoms with E-state index in [1.54, 1.807) is 0 Å². The first kappa shape index (κ1) is 16.0. The number of aromatic nitrogens is 1. The lowest BCUT2D eigenvalue weighted by atomic mass is 10.1. The first-order valence-electron chi connectivity index (χ1n) is 7.20. The van der Waals surface area contributed by atoms with E-state index in [0.29, 0.717) is 12.1 Å². The summed E-state index contributed by atoms with van der Waals surface area (Å²) in [5, 5.41) is 3.49. The summed E-state index contributed by atoms with van der Waals surface area (Å²) in [5.74, 6) is 1.64. The van der Waals surface area contributed by atoms with Gasteiger partial charge in [-0.25, -0.2) is 4.98 Å². The monoisotopic (exact) mass is 307 g/mol. The lowest BCUT2D eigenvalue weighted by Gasteiger charge is -2.36. The van der Waals surface area contributed by atoms with E-state index in [1.165, 1.54) is 0 Å². The van der Waals surface area contributed by atoms with Crippen molar-refractivity contribution in [1.82, 2.24) is 15.2 Å². The molecule has 21 heavy (non-hydrogen) atoms. The van der Waals surface area contributed by atoms with Crippen LogP contribution in [0, 0.1) is 0 Å². The van der Waals surface area contributed by atoms with Crippen molar-refractivity contribution in [3.05, 3.63) is 42.4 Å². The number of oxazole rings is 1. The Morgan fingerprint density at radius 1 is 1.29 bits per heavy atom. The van der Waals surface area contributed by atoms with Crippen LogP contribution < -0.4 is 5.32 Å². The number of nitrogens with zero attached hydrogens (tertiary/aromatic N) is 2. The summed E-state index contributed by atoms with van der Waals surface area (Å²) < 4.78 is 5.88. The average molecular weight is 308 g/mol.